The van der Waals surface area contributed by atoms with Crippen molar-refractivity contribution in [2.75, 3.05) is 25.3 Å². The van der Waals surface area contributed by atoms with Gasteiger partial charge in [0.05, 0.1) is 18.8 Å². The molecule has 1 aliphatic carbocycles. The van der Waals surface area contributed by atoms with Gasteiger partial charge < -0.3 is 35.3 Å². The SMILES string of the molecule is O=C(Nc1ccc2c(c1)OCO2)N[C@H]1CC[C@@H](CCNC(=O)C2CCCCC2)O[C@@H]1CO. The van der Waals surface area contributed by atoms with Crippen LogP contribution in [0, 0.1) is 5.92 Å². The Labute approximate surface area is 188 Å². The van der Waals surface area contributed by atoms with Gasteiger partial charge in [0.15, 0.2) is 11.5 Å². The van der Waals surface area contributed by atoms with E-state index in [1.54, 1.807) is 18.2 Å². The highest BCUT2D eigenvalue weighted by Crippen LogP contribution is 2.34. The maximum atomic E-state index is 12.4. The fourth-order valence-electron chi connectivity index (χ4n) is 4.68. The second-order valence-electron chi connectivity index (χ2n) is 8.74. The summed E-state index contributed by atoms with van der Waals surface area (Å²) in [6.45, 7) is 0.564. The summed E-state index contributed by atoms with van der Waals surface area (Å²) in [5.74, 6) is 1.55. The van der Waals surface area contributed by atoms with Gasteiger partial charge in [-0.3, -0.25) is 4.79 Å². The van der Waals surface area contributed by atoms with Crippen LogP contribution in [-0.4, -0.2) is 55.2 Å². The first-order chi connectivity index (χ1) is 15.6. The first kappa shape index (κ1) is 22.7. The van der Waals surface area contributed by atoms with Crippen LogP contribution in [0.25, 0.3) is 0 Å². The lowest BCUT2D eigenvalue weighted by Crippen LogP contribution is -2.52. The average Bonchev–Trinajstić information content (AvgIpc) is 3.28. The second kappa shape index (κ2) is 10.9. The number of hydrogen-bond acceptors (Lipinski definition) is 6. The van der Waals surface area contributed by atoms with Crippen molar-refractivity contribution in [3.8, 4) is 11.5 Å². The molecule has 1 aromatic carbocycles. The van der Waals surface area contributed by atoms with Gasteiger partial charge in [0.25, 0.3) is 0 Å². The molecule has 1 saturated carbocycles. The third kappa shape index (κ3) is 5.83. The topological polar surface area (TPSA) is 118 Å². The van der Waals surface area contributed by atoms with Gasteiger partial charge in [-0.05, 0) is 44.2 Å². The maximum Gasteiger partial charge on any atom is 0.319 e. The highest BCUT2D eigenvalue weighted by Gasteiger charge is 2.32. The van der Waals surface area contributed by atoms with E-state index in [9.17, 15) is 14.7 Å². The summed E-state index contributed by atoms with van der Waals surface area (Å²) >= 11 is 0. The molecule has 3 amide bonds. The summed E-state index contributed by atoms with van der Waals surface area (Å²) in [6, 6.07) is 4.54. The van der Waals surface area contributed by atoms with Gasteiger partial charge in [-0.2, -0.15) is 0 Å². The van der Waals surface area contributed by atoms with Gasteiger partial charge in [0, 0.05) is 24.2 Å². The molecule has 9 heteroatoms. The Balaban J connectivity index is 1.19. The second-order valence-corrected chi connectivity index (χ2v) is 8.74. The van der Waals surface area contributed by atoms with Crippen LogP contribution >= 0.6 is 0 Å². The number of urea groups is 1. The van der Waals surface area contributed by atoms with Crippen LogP contribution < -0.4 is 25.4 Å². The number of amides is 3. The van der Waals surface area contributed by atoms with Crippen LogP contribution in [0.15, 0.2) is 18.2 Å². The molecular weight excluding hydrogens is 414 g/mol. The Morgan fingerprint density at radius 3 is 2.66 bits per heavy atom. The predicted molar refractivity (Wildman–Crippen MR) is 118 cm³/mol. The number of aliphatic hydroxyl groups excluding tert-OH is 1. The number of carbonyl (C=O) groups is 2. The number of anilines is 1. The van der Waals surface area contributed by atoms with Crippen LogP contribution in [0.4, 0.5) is 10.5 Å². The summed E-state index contributed by atoms with van der Waals surface area (Å²) in [7, 11) is 0. The smallest absolute Gasteiger partial charge is 0.319 e. The lowest BCUT2D eigenvalue weighted by molar-refractivity contribution is -0.126. The number of fused-ring (bicyclic) bond motifs is 1. The third-order valence-electron chi connectivity index (χ3n) is 6.48. The molecule has 0 spiro atoms. The van der Waals surface area contributed by atoms with Gasteiger partial charge in [0.1, 0.15) is 6.10 Å². The number of benzene rings is 1. The normalized spacial score (nSPS) is 25.2. The minimum Gasteiger partial charge on any atom is -0.454 e. The molecule has 0 radical (unpaired) electrons. The van der Waals surface area contributed by atoms with Crippen molar-refractivity contribution in [3.05, 3.63) is 18.2 Å². The molecule has 4 N–H and O–H groups in total. The molecule has 0 aromatic heterocycles. The third-order valence-corrected chi connectivity index (χ3v) is 6.48. The number of ether oxygens (including phenoxy) is 3. The zero-order valence-corrected chi connectivity index (χ0v) is 18.3. The van der Waals surface area contributed by atoms with E-state index in [-0.39, 0.29) is 43.4 Å². The molecule has 9 nitrogen and oxygen atoms in total. The van der Waals surface area contributed by atoms with Crippen LogP contribution in [-0.2, 0) is 9.53 Å². The molecular formula is C23H33N3O6. The molecule has 2 heterocycles. The molecule has 4 rings (SSSR count). The Bertz CT molecular complexity index is 798. The van der Waals surface area contributed by atoms with Gasteiger partial charge >= 0.3 is 6.03 Å². The molecule has 176 valence electrons. The van der Waals surface area contributed by atoms with E-state index in [1.807, 2.05) is 0 Å². The Morgan fingerprint density at radius 2 is 1.84 bits per heavy atom. The van der Waals surface area contributed by atoms with Crippen molar-refractivity contribution in [2.24, 2.45) is 5.92 Å². The number of hydrogen-bond donors (Lipinski definition) is 4. The zero-order chi connectivity index (χ0) is 22.3. The molecule has 3 atom stereocenters. The Hall–Kier alpha value is -2.52. The molecule has 1 saturated heterocycles. The molecule has 3 aliphatic rings. The van der Waals surface area contributed by atoms with Crippen LogP contribution in [0.3, 0.4) is 0 Å². The van der Waals surface area contributed by atoms with Crippen LogP contribution in [0.1, 0.15) is 51.4 Å². The summed E-state index contributed by atoms with van der Waals surface area (Å²) in [6.07, 6.45) is 7.10. The fraction of sp³-hybridized carbons (Fsp3) is 0.652. The maximum absolute atomic E-state index is 12.4. The van der Waals surface area contributed by atoms with Crippen molar-refractivity contribution in [1.82, 2.24) is 10.6 Å². The largest absolute Gasteiger partial charge is 0.454 e. The predicted octanol–water partition coefficient (Wildman–Crippen LogP) is 2.53. The van der Waals surface area contributed by atoms with Crippen LogP contribution in [0.5, 0.6) is 11.5 Å². The standard InChI is InChI=1S/C23H33N3O6/c27-13-21-18(26-23(29)25-16-6-9-19-20(12-16)31-14-30-19)8-7-17(32-21)10-11-24-22(28)15-4-2-1-3-5-15/h6,9,12,15,17-18,21,27H,1-5,7-8,10-11,13-14H2,(H,24,28)(H2,25,26,29)/t17-,18-,21+/m0/s1. The molecule has 32 heavy (non-hydrogen) atoms. The van der Waals surface area contributed by atoms with Crippen molar-refractivity contribution in [3.63, 3.8) is 0 Å². The van der Waals surface area contributed by atoms with Crippen molar-refractivity contribution < 1.29 is 28.9 Å². The van der Waals surface area contributed by atoms with Crippen LogP contribution in [0.2, 0.25) is 0 Å². The van der Waals surface area contributed by atoms with Gasteiger partial charge in [-0.15, -0.1) is 0 Å². The van der Waals surface area contributed by atoms with E-state index in [4.69, 9.17) is 14.2 Å². The van der Waals surface area contributed by atoms with Gasteiger partial charge in [-0.1, -0.05) is 19.3 Å². The number of rotatable bonds is 7. The average molecular weight is 448 g/mol. The lowest BCUT2D eigenvalue weighted by Gasteiger charge is -2.36. The van der Waals surface area contributed by atoms with Crippen molar-refractivity contribution >= 4 is 17.6 Å². The minimum atomic E-state index is -0.481. The minimum absolute atomic E-state index is 0.0474. The summed E-state index contributed by atoms with van der Waals surface area (Å²) in [4.78, 5) is 24.7. The number of aliphatic hydroxyl groups is 1. The van der Waals surface area contributed by atoms with Gasteiger partial charge in [-0.25, -0.2) is 4.79 Å². The first-order valence-corrected chi connectivity index (χ1v) is 11.6. The van der Waals surface area contributed by atoms with Crippen molar-refractivity contribution in [2.45, 2.75) is 69.6 Å². The molecule has 1 aromatic rings. The highest BCUT2D eigenvalue weighted by molar-refractivity contribution is 5.90. The van der Waals surface area contributed by atoms with E-state index < -0.39 is 6.10 Å². The summed E-state index contributed by atoms with van der Waals surface area (Å²) in [5, 5.41) is 18.5. The molecule has 0 bridgehead atoms. The van der Waals surface area contributed by atoms with E-state index in [0.717, 1.165) is 32.1 Å². The quantitative estimate of drug-likeness (QED) is 0.510. The summed E-state index contributed by atoms with van der Waals surface area (Å²) < 4.78 is 16.6. The van der Waals surface area contributed by atoms with E-state index in [0.29, 0.717) is 36.6 Å². The molecule has 0 unspecified atom stereocenters. The van der Waals surface area contributed by atoms with Gasteiger partial charge in [0.2, 0.25) is 12.7 Å². The zero-order valence-electron chi connectivity index (χ0n) is 18.3. The van der Waals surface area contributed by atoms with E-state index in [2.05, 4.69) is 16.0 Å². The Kier molecular flexibility index (Phi) is 7.70. The fourth-order valence-corrected chi connectivity index (χ4v) is 4.68. The van der Waals surface area contributed by atoms with Crippen molar-refractivity contribution in [1.29, 1.82) is 0 Å². The number of nitrogens with one attached hydrogen (secondary N) is 3. The lowest BCUT2D eigenvalue weighted by atomic mass is 9.88. The highest BCUT2D eigenvalue weighted by atomic mass is 16.7. The monoisotopic (exact) mass is 447 g/mol. The Morgan fingerprint density at radius 1 is 1.03 bits per heavy atom. The molecule has 2 aliphatic heterocycles. The van der Waals surface area contributed by atoms with E-state index >= 15 is 0 Å². The van der Waals surface area contributed by atoms with E-state index in [1.165, 1.54) is 6.42 Å². The first-order valence-electron chi connectivity index (χ1n) is 11.6. The number of carbonyl (C=O) groups excluding carboxylic acids is 2. The molecule has 2 fully saturated rings. The summed E-state index contributed by atoms with van der Waals surface area (Å²) in [5.41, 5.74) is 0.593.